The Balaban J connectivity index is 2.13. The van der Waals surface area contributed by atoms with Crippen molar-refractivity contribution >= 4 is 22.1 Å². The van der Waals surface area contributed by atoms with Crippen LogP contribution in [0.5, 0.6) is 0 Å². The molecule has 4 aromatic heterocycles. The highest BCUT2D eigenvalue weighted by atomic mass is 15.1. The zero-order chi connectivity index (χ0) is 11.9. The van der Waals surface area contributed by atoms with Gasteiger partial charge in [-0.1, -0.05) is 0 Å². The van der Waals surface area contributed by atoms with Gasteiger partial charge in [-0.3, -0.25) is 10.1 Å². The first-order chi connectivity index (χ1) is 8.93. The fourth-order valence-corrected chi connectivity index (χ4v) is 2.08. The summed E-state index contributed by atoms with van der Waals surface area (Å²) in [5.41, 5.74) is 4.44. The highest BCUT2D eigenvalue weighted by Gasteiger charge is 2.11. The van der Waals surface area contributed by atoms with Gasteiger partial charge in [0.1, 0.15) is 6.20 Å². The molecule has 0 spiro atoms. The lowest BCUT2D eigenvalue weighted by Crippen LogP contribution is -1.86. The molecule has 0 saturated heterocycles. The summed E-state index contributed by atoms with van der Waals surface area (Å²) in [6.45, 7) is 0. The highest BCUT2D eigenvalue weighted by molar-refractivity contribution is 5.99. The van der Waals surface area contributed by atoms with Gasteiger partial charge in [0.25, 0.3) is 0 Å². The molecule has 0 saturated carbocycles. The summed E-state index contributed by atoms with van der Waals surface area (Å²) in [6.07, 6.45) is 9.73. The first-order valence-electron chi connectivity index (χ1n) is 5.42. The normalized spacial score (nSPS) is 11.3. The van der Waals surface area contributed by atoms with Crippen LogP contribution >= 0.6 is 0 Å². The summed E-state index contributed by atoms with van der Waals surface area (Å²) in [4.78, 5) is 15.6. The fourth-order valence-electron chi connectivity index (χ4n) is 2.08. The second-order valence-electron chi connectivity index (χ2n) is 3.90. The first kappa shape index (κ1) is 9.29. The summed E-state index contributed by atoms with van der Waals surface area (Å²) >= 11 is 0. The van der Waals surface area contributed by atoms with Gasteiger partial charge in [-0.2, -0.15) is 5.10 Å². The Morgan fingerprint density at radius 1 is 1.06 bits per heavy atom. The summed E-state index contributed by atoms with van der Waals surface area (Å²) in [5.74, 6) is 0. The molecule has 0 aliphatic heterocycles. The van der Waals surface area contributed by atoms with Gasteiger partial charge in [0, 0.05) is 28.9 Å². The number of imidazole rings is 1. The number of hydrogen-bond acceptors (Lipinski definition) is 4. The maximum atomic E-state index is 4.20. The third-order valence-corrected chi connectivity index (χ3v) is 2.90. The minimum Gasteiger partial charge on any atom is -0.343 e. The molecule has 0 unspecified atom stereocenters. The summed E-state index contributed by atoms with van der Waals surface area (Å²) in [6, 6.07) is 1.93. The number of aromatic amines is 2. The summed E-state index contributed by atoms with van der Waals surface area (Å²) < 4.78 is 0. The lowest BCUT2D eigenvalue weighted by molar-refractivity contribution is 1.12. The average Bonchev–Trinajstić information content (AvgIpc) is 3.06. The SMILES string of the molecule is [c]1ncc(-c2ccnc3nc[nH]c23)c2[nH]ncc12. The van der Waals surface area contributed by atoms with Crippen LogP contribution in [0, 0.1) is 6.20 Å². The highest BCUT2D eigenvalue weighted by Crippen LogP contribution is 2.29. The quantitative estimate of drug-likeness (QED) is 0.526. The Kier molecular flexibility index (Phi) is 1.74. The largest absolute Gasteiger partial charge is 0.343 e. The van der Waals surface area contributed by atoms with Crippen molar-refractivity contribution in [2.45, 2.75) is 0 Å². The van der Waals surface area contributed by atoms with Gasteiger partial charge in [-0.05, 0) is 6.07 Å². The molecule has 6 nitrogen and oxygen atoms in total. The van der Waals surface area contributed by atoms with Crippen molar-refractivity contribution in [3.8, 4) is 11.1 Å². The van der Waals surface area contributed by atoms with Crippen molar-refractivity contribution in [1.29, 1.82) is 0 Å². The van der Waals surface area contributed by atoms with E-state index < -0.39 is 0 Å². The molecule has 2 N–H and O–H groups in total. The molecular formula is C12H7N6. The number of hydrogen-bond donors (Lipinski definition) is 2. The molecule has 0 fully saturated rings. The van der Waals surface area contributed by atoms with Crippen LogP contribution < -0.4 is 0 Å². The number of H-pyrrole nitrogens is 2. The minimum atomic E-state index is 0.688. The number of fused-ring (bicyclic) bond motifs is 2. The molecular weight excluding hydrogens is 228 g/mol. The van der Waals surface area contributed by atoms with Gasteiger partial charge in [-0.15, -0.1) is 0 Å². The van der Waals surface area contributed by atoms with Gasteiger partial charge in [0.15, 0.2) is 5.65 Å². The topological polar surface area (TPSA) is 83.1 Å². The molecule has 0 amide bonds. The predicted molar refractivity (Wildman–Crippen MR) is 65.6 cm³/mol. The Morgan fingerprint density at radius 2 is 2.06 bits per heavy atom. The monoisotopic (exact) mass is 235 g/mol. The van der Waals surface area contributed by atoms with Gasteiger partial charge >= 0.3 is 0 Å². The minimum absolute atomic E-state index is 0.688. The van der Waals surface area contributed by atoms with E-state index >= 15 is 0 Å². The molecule has 0 aliphatic carbocycles. The second-order valence-corrected chi connectivity index (χ2v) is 3.90. The van der Waals surface area contributed by atoms with Gasteiger partial charge < -0.3 is 4.98 Å². The molecule has 1 radical (unpaired) electrons. The summed E-state index contributed by atoms with van der Waals surface area (Å²) in [7, 11) is 0. The molecule has 18 heavy (non-hydrogen) atoms. The fraction of sp³-hybridized carbons (Fsp3) is 0. The van der Waals surface area contributed by atoms with E-state index in [2.05, 4.69) is 36.3 Å². The average molecular weight is 235 g/mol. The number of nitrogens with zero attached hydrogens (tertiary/aromatic N) is 4. The van der Waals surface area contributed by atoms with E-state index in [1.54, 1.807) is 24.9 Å². The van der Waals surface area contributed by atoms with Crippen molar-refractivity contribution < 1.29 is 0 Å². The van der Waals surface area contributed by atoms with E-state index in [1.165, 1.54) is 0 Å². The molecule has 0 aromatic carbocycles. The van der Waals surface area contributed by atoms with Gasteiger partial charge in [0.2, 0.25) is 0 Å². The van der Waals surface area contributed by atoms with E-state index in [0.717, 1.165) is 27.5 Å². The van der Waals surface area contributed by atoms with Crippen LogP contribution in [0.2, 0.25) is 0 Å². The van der Waals surface area contributed by atoms with E-state index in [0.29, 0.717) is 5.65 Å². The smallest absolute Gasteiger partial charge is 0.178 e. The molecule has 6 heteroatoms. The van der Waals surface area contributed by atoms with Crippen molar-refractivity contribution in [2.75, 3.05) is 0 Å². The van der Waals surface area contributed by atoms with Gasteiger partial charge in [0.05, 0.1) is 23.6 Å². The zero-order valence-electron chi connectivity index (χ0n) is 9.18. The lowest BCUT2D eigenvalue weighted by Gasteiger charge is -2.03. The maximum absolute atomic E-state index is 4.20. The standard InChI is InChI=1S/C12H7N6/c1-2-14-12-11(15-6-16-12)8(1)9-5-13-3-7-4-17-18-10(7)9/h1-2,4-6H,(H,17,18)(H,14,15,16). The Bertz CT molecular complexity index is 772. The third-order valence-electron chi connectivity index (χ3n) is 2.90. The Labute approximate surface area is 101 Å². The Morgan fingerprint density at radius 3 is 3.06 bits per heavy atom. The van der Waals surface area contributed by atoms with E-state index in [4.69, 9.17) is 0 Å². The van der Waals surface area contributed by atoms with Crippen molar-refractivity contribution in [3.05, 3.63) is 37.2 Å². The second kappa shape index (κ2) is 3.36. The van der Waals surface area contributed by atoms with Crippen LogP contribution in [0.3, 0.4) is 0 Å². The van der Waals surface area contributed by atoms with Crippen molar-refractivity contribution in [2.24, 2.45) is 0 Å². The maximum Gasteiger partial charge on any atom is 0.178 e. The lowest BCUT2D eigenvalue weighted by atomic mass is 10.1. The van der Waals surface area contributed by atoms with Gasteiger partial charge in [-0.25, -0.2) is 9.97 Å². The van der Waals surface area contributed by atoms with Crippen LogP contribution in [0.25, 0.3) is 33.2 Å². The molecule has 0 bridgehead atoms. The van der Waals surface area contributed by atoms with Crippen LogP contribution in [0.1, 0.15) is 0 Å². The predicted octanol–water partition coefficient (Wildman–Crippen LogP) is 1.70. The number of rotatable bonds is 1. The molecule has 85 valence electrons. The number of aromatic nitrogens is 6. The van der Waals surface area contributed by atoms with E-state index in [9.17, 15) is 0 Å². The third kappa shape index (κ3) is 1.17. The van der Waals surface area contributed by atoms with Crippen LogP contribution in [0.4, 0.5) is 0 Å². The van der Waals surface area contributed by atoms with Crippen LogP contribution in [0.15, 0.2) is 31.0 Å². The van der Waals surface area contributed by atoms with E-state index in [1.807, 2.05) is 6.07 Å². The Hall–Kier alpha value is -2.76. The van der Waals surface area contributed by atoms with Crippen molar-refractivity contribution in [1.82, 2.24) is 30.1 Å². The number of nitrogens with one attached hydrogen (secondary N) is 2. The first-order valence-corrected chi connectivity index (χ1v) is 5.42. The molecule has 4 aromatic rings. The number of pyridine rings is 2. The molecule has 0 aliphatic rings. The van der Waals surface area contributed by atoms with Crippen molar-refractivity contribution in [3.63, 3.8) is 0 Å². The molecule has 4 rings (SSSR count). The summed E-state index contributed by atoms with van der Waals surface area (Å²) in [5, 5.41) is 7.84. The molecule has 0 atom stereocenters. The van der Waals surface area contributed by atoms with Crippen LogP contribution in [-0.2, 0) is 0 Å². The molecule has 4 heterocycles. The zero-order valence-corrected chi connectivity index (χ0v) is 9.18. The van der Waals surface area contributed by atoms with E-state index in [-0.39, 0.29) is 0 Å². The van der Waals surface area contributed by atoms with Crippen LogP contribution in [-0.4, -0.2) is 30.1 Å².